The van der Waals surface area contributed by atoms with E-state index < -0.39 is 11.8 Å². The van der Waals surface area contributed by atoms with Crippen molar-refractivity contribution >= 4 is 17.4 Å². The average Bonchev–Trinajstić information content (AvgIpc) is 2.72. The van der Waals surface area contributed by atoms with Gasteiger partial charge in [-0.3, -0.25) is 9.78 Å². The van der Waals surface area contributed by atoms with E-state index in [1.165, 1.54) is 12.4 Å². The fourth-order valence-electron chi connectivity index (χ4n) is 2.41. The Hall–Kier alpha value is -3.75. The molecule has 1 amide bonds. The highest BCUT2D eigenvalue weighted by Crippen LogP contribution is 2.15. The molecule has 0 aliphatic rings. The van der Waals surface area contributed by atoms with Gasteiger partial charge in [0.2, 0.25) is 5.95 Å². The third-order valence-electron chi connectivity index (χ3n) is 3.99. The minimum Gasteiger partial charge on any atom is -0.355 e. The van der Waals surface area contributed by atoms with Gasteiger partial charge in [0.25, 0.3) is 5.91 Å². The molecule has 0 bridgehead atoms. The fourth-order valence-corrected chi connectivity index (χ4v) is 2.41. The molecule has 0 saturated carbocycles. The monoisotopic (exact) mass is 397 g/mol. The molecule has 0 unspecified atom stereocenters. The smallest absolute Gasteiger partial charge is 0.258 e. The van der Waals surface area contributed by atoms with Gasteiger partial charge in [-0.05, 0) is 37.1 Å². The summed E-state index contributed by atoms with van der Waals surface area (Å²) in [5.74, 6) is -2.31. The van der Waals surface area contributed by atoms with Crippen molar-refractivity contribution < 1.29 is 18.4 Å². The lowest BCUT2D eigenvalue weighted by Crippen LogP contribution is -2.15. The van der Waals surface area contributed by atoms with Crippen LogP contribution in [0.25, 0.3) is 0 Å². The SMILES string of the molecule is CC/C(=N\Oc1cnc(F)c(F)c1)c1ccc(NC(=O)c2cnccc2C)nc1. The Morgan fingerprint density at radius 3 is 2.66 bits per heavy atom. The van der Waals surface area contributed by atoms with Gasteiger partial charge in [0, 0.05) is 30.2 Å². The Morgan fingerprint density at radius 1 is 1.17 bits per heavy atom. The number of aryl methyl sites for hydroxylation is 1. The van der Waals surface area contributed by atoms with Gasteiger partial charge in [0.15, 0.2) is 11.6 Å². The van der Waals surface area contributed by atoms with Crippen LogP contribution in [0.5, 0.6) is 5.75 Å². The first-order chi connectivity index (χ1) is 14.0. The Morgan fingerprint density at radius 2 is 2.00 bits per heavy atom. The van der Waals surface area contributed by atoms with Crippen LogP contribution in [0.15, 0.2) is 54.2 Å². The lowest BCUT2D eigenvalue weighted by Gasteiger charge is -2.08. The molecule has 1 N–H and O–H groups in total. The number of carbonyl (C=O) groups excluding carboxylic acids is 1. The minimum absolute atomic E-state index is 0.0291. The number of nitrogens with one attached hydrogen (secondary N) is 1. The zero-order valence-electron chi connectivity index (χ0n) is 15.7. The Balaban J connectivity index is 1.71. The van der Waals surface area contributed by atoms with Crippen molar-refractivity contribution in [2.24, 2.45) is 5.16 Å². The molecule has 9 heteroatoms. The Kier molecular flexibility index (Phi) is 6.18. The van der Waals surface area contributed by atoms with Crippen molar-refractivity contribution in [3.05, 3.63) is 77.5 Å². The molecule has 0 fully saturated rings. The van der Waals surface area contributed by atoms with Gasteiger partial charge in [-0.1, -0.05) is 12.1 Å². The van der Waals surface area contributed by atoms with Crippen LogP contribution in [0, 0.1) is 18.7 Å². The van der Waals surface area contributed by atoms with Crippen molar-refractivity contribution in [2.45, 2.75) is 20.3 Å². The van der Waals surface area contributed by atoms with Gasteiger partial charge in [0.1, 0.15) is 5.82 Å². The van der Waals surface area contributed by atoms with Crippen molar-refractivity contribution in [3.8, 4) is 5.75 Å². The number of hydrogen-bond acceptors (Lipinski definition) is 6. The van der Waals surface area contributed by atoms with Gasteiger partial charge < -0.3 is 10.2 Å². The van der Waals surface area contributed by atoms with Crippen molar-refractivity contribution in [2.75, 3.05) is 5.32 Å². The summed E-state index contributed by atoms with van der Waals surface area (Å²) in [6.45, 7) is 3.67. The van der Waals surface area contributed by atoms with E-state index in [9.17, 15) is 13.6 Å². The molecule has 3 aromatic heterocycles. The molecule has 7 nitrogen and oxygen atoms in total. The number of halogens is 2. The molecule has 148 valence electrons. The zero-order chi connectivity index (χ0) is 20.8. The first kappa shape index (κ1) is 20.0. The summed E-state index contributed by atoms with van der Waals surface area (Å²) < 4.78 is 26.1. The van der Waals surface area contributed by atoms with Crippen LogP contribution in [0.1, 0.15) is 34.8 Å². The summed E-state index contributed by atoms with van der Waals surface area (Å²) in [6, 6.07) is 5.95. The standard InChI is InChI=1S/C20H17F2N5O2/c1-3-17(27-29-14-8-16(21)19(22)25-10-14)13-4-5-18(24-9-13)26-20(28)15-11-23-7-6-12(15)2/h4-11H,3H2,1-2H3,(H,24,26,28)/b27-17+. The molecule has 3 aromatic rings. The van der Waals surface area contributed by atoms with Crippen LogP contribution in [0.3, 0.4) is 0 Å². The molecule has 29 heavy (non-hydrogen) atoms. The lowest BCUT2D eigenvalue weighted by atomic mass is 10.1. The number of oxime groups is 1. The molecule has 0 spiro atoms. The van der Waals surface area contributed by atoms with Gasteiger partial charge in [0.05, 0.1) is 17.5 Å². The van der Waals surface area contributed by atoms with E-state index in [0.717, 1.165) is 17.8 Å². The van der Waals surface area contributed by atoms with Crippen molar-refractivity contribution in [1.29, 1.82) is 0 Å². The van der Waals surface area contributed by atoms with Crippen molar-refractivity contribution in [3.63, 3.8) is 0 Å². The topological polar surface area (TPSA) is 89.4 Å². The van der Waals surface area contributed by atoms with Crippen LogP contribution in [-0.4, -0.2) is 26.6 Å². The maximum Gasteiger partial charge on any atom is 0.258 e. The third-order valence-corrected chi connectivity index (χ3v) is 3.99. The molecule has 0 aromatic carbocycles. The second-order valence-electron chi connectivity index (χ2n) is 6.00. The number of hydrogen-bond donors (Lipinski definition) is 1. The van der Waals surface area contributed by atoms with Gasteiger partial charge in [-0.15, -0.1) is 0 Å². The number of pyridine rings is 3. The normalized spacial score (nSPS) is 11.2. The maximum absolute atomic E-state index is 13.2. The largest absolute Gasteiger partial charge is 0.355 e. The summed E-state index contributed by atoms with van der Waals surface area (Å²) >= 11 is 0. The highest BCUT2D eigenvalue weighted by molar-refractivity contribution is 6.05. The van der Waals surface area contributed by atoms with Crippen LogP contribution in [-0.2, 0) is 0 Å². The second kappa shape index (κ2) is 8.96. The minimum atomic E-state index is -1.21. The number of nitrogens with zero attached hydrogens (tertiary/aromatic N) is 4. The fraction of sp³-hybridized carbons (Fsp3) is 0.150. The zero-order valence-corrected chi connectivity index (χ0v) is 15.7. The van der Waals surface area contributed by atoms with E-state index in [1.807, 2.05) is 13.8 Å². The summed E-state index contributed by atoms with van der Waals surface area (Å²) in [4.78, 5) is 28.9. The van der Waals surface area contributed by atoms with E-state index in [1.54, 1.807) is 24.4 Å². The molecule has 3 rings (SSSR count). The van der Waals surface area contributed by atoms with E-state index in [4.69, 9.17) is 4.84 Å². The maximum atomic E-state index is 13.2. The number of rotatable bonds is 6. The molecular weight excluding hydrogens is 380 g/mol. The van der Waals surface area contributed by atoms with Crippen LogP contribution in [0.4, 0.5) is 14.6 Å². The average molecular weight is 397 g/mol. The third kappa shape index (κ3) is 4.95. The van der Waals surface area contributed by atoms with Gasteiger partial charge in [-0.2, -0.15) is 4.39 Å². The number of amides is 1. The molecule has 0 aliphatic heterocycles. The molecule has 0 radical (unpaired) electrons. The molecule has 3 heterocycles. The predicted molar refractivity (Wildman–Crippen MR) is 103 cm³/mol. The lowest BCUT2D eigenvalue weighted by molar-refractivity contribution is 0.102. The molecule has 0 atom stereocenters. The Bertz CT molecular complexity index is 1050. The number of aromatic nitrogens is 3. The predicted octanol–water partition coefficient (Wildman–Crippen LogP) is 3.90. The molecular formula is C20H17F2N5O2. The first-order valence-electron chi connectivity index (χ1n) is 8.71. The van der Waals surface area contributed by atoms with Gasteiger partial charge >= 0.3 is 0 Å². The van der Waals surface area contributed by atoms with Crippen LogP contribution in [0.2, 0.25) is 0 Å². The quantitative estimate of drug-likeness (QED) is 0.387. The van der Waals surface area contributed by atoms with E-state index in [0.29, 0.717) is 29.1 Å². The van der Waals surface area contributed by atoms with E-state index in [-0.39, 0.29) is 11.7 Å². The summed E-state index contributed by atoms with van der Waals surface area (Å²) in [5.41, 5.74) is 2.45. The van der Waals surface area contributed by atoms with Crippen molar-refractivity contribution in [1.82, 2.24) is 15.0 Å². The number of anilines is 1. The first-order valence-corrected chi connectivity index (χ1v) is 8.71. The van der Waals surface area contributed by atoms with Gasteiger partial charge in [-0.25, -0.2) is 14.4 Å². The summed E-state index contributed by atoms with van der Waals surface area (Å²) in [6.07, 6.45) is 6.17. The van der Waals surface area contributed by atoms with Crippen LogP contribution >= 0.6 is 0 Å². The molecule has 0 saturated heterocycles. The van der Waals surface area contributed by atoms with E-state index in [2.05, 4.69) is 25.4 Å². The van der Waals surface area contributed by atoms with E-state index >= 15 is 0 Å². The summed E-state index contributed by atoms with van der Waals surface area (Å²) in [7, 11) is 0. The molecule has 0 aliphatic carbocycles. The highest BCUT2D eigenvalue weighted by atomic mass is 19.2. The Labute approximate surface area is 165 Å². The number of carbonyl (C=O) groups is 1. The summed E-state index contributed by atoms with van der Waals surface area (Å²) in [5, 5.41) is 6.66. The highest BCUT2D eigenvalue weighted by Gasteiger charge is 2.11. The second-order valence-corrected chi connectivity index (χ2v) is 6.00. The van der Waals surface area contributed by atoms with Crippen LogP contribution < -0.4 is 10.2 Å².